The van der Waals surface area contributed by atoms with Crippen molar-refractivity contribution in [1.29, 1.82) is 5.26 Å². The summed E-state index contributed by atoms with van der Waals surface area (Å²) >= 11 is 0. The second kappa shape index (κ2) is 13.3. The van der Waals surface area contributed by atoms with E-state index in [1.165, 1.54) is 6.08 Å². The van der Waals surface area contributed by atoms with Crippen LogP contribution >= 0.6 is 0 Å². The number of nitrogens with zero attached hydrogens (tertiary/aromatic N) is 2. The fourth-order valence-electron chi connectivity index (χ4n) is 3.47. The van der Waals surface area contributed by atoms with Crippen LogP contribution in [0.15, 0.2) is 115 Å². The summed E-state index contributed by atoms with van der Waals surface area (Å²) in [6, 6.07) is 29.1. The van der Waals surface area contributed by atoms with E-state index in [0.29, 0.717) is 5.56 Å². The number of ether oxygens (including phenoxy) is 1. The van der Waals surface area contributed by atoms with Gasteiger partial charge in [0.2, 0.25) is 0 Å². The maximum absolute atomic E-state index is 12.8. The van der Waals surface area contributed by atoms with Crippen molar-refractivity contribution >= 4 is 17.3 Å². The van der Waals surface area contributed by atoms with Crippen molar-refractivity contribution in [2.24, 2.45) is 0 Å². The Labute approximate surface area is 212 Å². The van der Waals surface area contributed by atoms with Crippen LogP contribution in [0.1, 0.15) is 22.8 Å². The van der Waals surface area contributed by atoms with E-state index in [1.54, 1.807) is 24.1 Å². The number of likely N-dealkylation sites (N-methyl/N-ethyl adjacent to an activating group) is 1. The third-order valence-electron chi connectivity index (χ3n) is 5.37. The van der Waals surface area contributed by atoms with Gasteiger partial charge in [-0.2, -0.15) is 5.26 Å². The maximum atomic E-state index is 12.8. The van der Waals surface area contributed by atoms with Gasteiger partial charge in [0, 0.05) is 12.6 Å². The Balaban J connectivity index is 1.73. The van der Waals surface area contributed by atoms with Gasteiger partial charge in [-0.15, -0.1) is 0 Å². The van der Waals surface area contributed by atoms with Crippen molar-refractivity contribution in [2.75, 3.05) is 20.2 Å². The zero-order chi connectivity index (χ0) is 25.8. The van der Waals surface area contributed by atoms with Crippen LogP contribution < -0.4 is 0 Å². The topological polar surface area (TPSA) is 70.4 Å². The van der Waals surface area contributed by atoms with Gasteiger partial charge < -0.3 is 9.64 Å². The summed E-state index contributed by atoms with van der Waals surface area (Å²) < 4.78 is 4.93. The number of carbonyl (C=O) groups is 2. The van der Waals surface area contributed by atoms with E-state index >= 15 is 0 Å². The summed E-state index contributed by atoms with van der Waals surface area (Å²) in [6.07, 6.45) is 6.79. The SMILES string of the molecule is CCOC(=O)\C(C#N)=C/C=C(/C=C\N(C)CC(=O)c1ccc(-c2ccccc2)cc1)c1ccccc1. The highest BCUT2D eigenvalue weighted by atomic mass is 16.5. The molecule has 0 bridgehead atoms. The molecular formula is C31H28N2O3. The van der Waals surface area contributed by atoms with Crippen molar-refractivity contribution in [3.8, 4) is 17.2 Å². The molecule has 3 aromatic carbocycles. The van der Waals surface area contributed by atoms with Crippen LogP contribution in [-0.2, 0) is 9.53 Å². The quantitative estimate of drug-likeness (QED) is 0.117. The average Bonchev–Trinajstić information content (AvgIpc) is 2.92. The molecule has 0 aliphatic carbocycles. The zero-order valence-corrected chi connectivity index (χ0v) is 20.4. The molecule has 0 atom stereocenters. The molecule has 0 N–H and O–H groups in total. The van der Waals surface area contributed by atoms with Crippen molar-refractivity contribution in [2.45, 2.75) is 6.92 Å². The predicted molar refractivity (Wildman–Crippen MR) is 143 cm³/mol. The zero-order valence-electron chi connectivity index (χ0n) is 20.4. The fraction of sp³-hybridized carbons (Fsp3) is 0.129. The number of rotatable bonds is 10. The Morgan fingerprint density at radius 1 is 0.861 bits per heavy atom. The minimum absolute atomic E-state index is 0.000904. The average molecular weight is 477 g/mol. The highest BCUT2D eigenvalue weighted by molar-refractivity contribution is 5.98. The number of ketones is 1. The Bertz CT molecular complexity index is 1300. The summed E-state index contributed by atoms with van der Waals surface area (Å²) in [5, 5.41) is 9.30. The van der Waals surface area contributed by atoms with Crippen LogP contribution in [0, 0.1) is 11.3 Å². The smallest absolute Gasteiger partial charge is 0.348 e. The van der Waals surface area contributed by atoms with Gasteiger partial charge in [-0.3, -0.25) is 4.79 Å². The lowest BCUT2D eigenvalue weighted by Gasteiger charge is -2.14. The number of esters is 1. The summed E-state index contributed by atoms with van der Waals surface area (Å²) in [5.41, 5.74) is 4.41. The molecule has 3 rings (SSSR count). The van der Waals surface area contributed by atoms with E-state index in [-0.39, 0.29) is 24.5 Å². The molecule has 0 saturated carbocycles. The number of nitriles is 1. The molecule has 0 unspecified atom stereocenters. The maximum Gasteiger partial charge on any atom is 0.348 e. The van der Waals surface area contributed by atoms with E-state index in [9.17, 15) is 14.9 Å². The van der Waals surface area contributed by atoms with Gasteiger partial charge in [0.1, 0.15) is 11.6 Å². The number of allylic oxidation sites excluding steroid dienone is 4. The monoisotopic (exact) mass is 476 g/mol. The minimum atomic E-state index is -0.659. The summed E-state index contributed by atoms with van der Waals surface area (Å²) in [7, 11) is 1.82. The molecule has 0 amide bonds. The Morgan fingerprint density at radius 2 is 1.47 bits per heavy atom. The second-order valence-electron chi connectivity index (χ2n) is 8.00. The third kappa shape index (κ3) is 7.41. The molecule has 0 saturated heterocycles. The summed E-state index contributed by atoms with van der Waals surface area (Å²) in [6.45, 7) is 2.09. The third-order valence-corrected chi connectivity index (χ3v) is 5.37. The number of hydrogen-bond acceptors (Lipinski definition) is 5. The van der Waals surface area contributed by atoms with Gasteiger partial charge in [0.15, 0.2) is 5.78 Å². The highest BCUT2D eigenvalue weighted by Crippen LogP contribution is 2.20. The molecule has 3 aromatic rings. The lowest BCUT2D eigenvalue weighted by molar-refractivity contribution is -0.138. The van der Waals surface area contributed by atoms with Gasteiger partial charge in [0.05, 0.1) is 13.2 Å². The highest BCUT2D eigenvalue weighted by Gasteiger charge is 2.10. The largest absolute Gasteiger partial charge is 0.462 e. The molecular weight excluding hydrogens is 448 g/mol. The van der Waals surface area contributed by atoms with Crippen LogP contribution in [-0.4, -0.2) is 36.9 Å². The Morgan fingerprint density at radius 3 is 2.08 bits per heavy atom. The molecule has 0 spiro atoms. The molecule has 180 valence electrons. The van der Waals surface area contributed by atoms with Gasteiger partial charge >= 0.3 is 5.97 Å². The molecule has 36 heavy (non-hydrogen) atoms. The molecule has 0 aliphatic rings. The molecule has 0 fully saturated rings. The first-order chi connectivity index (χ1) is 17.5. The van der Waals surface area contributed by atoms with Crippen molar-refractivity contribution in [3.63, 3.8) is 0 Å². The van der Waals surface area contributed by atoms with Crippen molar-refractivity contribution < 1.29 is 14.3 Å². The van der Waals surface area contributed by atoms with Gasteiger partial charge in [-0.05, 0) is 47.5 Å². The molecule has 5 nitrogen and oxygen atoms in total. The first-order valence-corrected chi connectivity index (χ1v) is 11.6. The normalized spacial score (nSPS) is 11.7. The number of Topliss-reactive ketones (excluding diaryl/α,β-unsaturated/α-hetero) is 1. The van der Waals surface area contributed by atoms with Gasteiger partial charge in [-0.1, -0.05) is 91.0 Å². The van der Waals surface area contributed by atoms with Crippen molar-refractivity contribution in [1.82, 2.24) is 4.90 Å². The van der Waals surface area contributed by atoms with E-state index in [0.717, 1.165) is 22.3 Å². The predicted octanol–water partition coefficient (Wildman–Crippen LogP) is 6.08. The van der Waals surface area contributed by atoms with Crippen LogP contribution in [0.2, 0.25) is 0 Å². The number of benzene rings is 3. The van der Waals surface area contributed by atoms with Gasteiger partial charge in [-0.25, -0.2) is 4.79 Å². The molecule has 5 heteroatoms. The van der Waals surface area contributed by atoms with E-state index in [2.05, 4.69) is 0 Å². The van der Waals surface area contributed by atoms with Crippen LogP contribution in [0.3, 0.4) is 0 Å². The van der Waals surface area contributed by atoms with Crippen LogP contribution in [0.5, 0.6) is 0 Å². The van der Waals surface area contributed by atoms with Crippen LogP contribution in [0.4, 0.5) is 0 Å². The Hall–Kier alpha value is -4.69. The van der Waals surface area contributed by atoms with Crippen molar-refractivity contribution in [3.05, 3.63) is 126 Å². The van der Waals surface area contributed by atoms with Crippen LogP contribution in [0.25, 0.3) is 16.7 Å². The number of carbonyl (C=O) groups excluding carboxylic acids is 2. The van der Waals surface area contributed by atoms with E-state index in [4.69, 9.17) is 4.74 Å². The molecule has 0 aromatic heterocycles. The second-order valence-corrected chi connectivity index (χ2v) is 8.00. The Kier molecular flexibility index (Phi) is 9.55. The minimum Gasteiger partial charge on any atom is -0.462 e. The van der Waals surface area contributed by atoms with E-state index < -0.39 is 5.97 Å². The fourth-order valence-corrected chi connectivity index (χ4v) is 3.47. The molecule has 0 heterocycles. The number of hydrogen-bond donors (Lipinski definition) is 0. The summed E-state index contributed by atoms with van der Waals surface area (Å²) in [5.74, 6) is -0.658. The lowest BCUT2D eigenvalue weighted by Crippen LogP contribution is -2.21. The first-order valence-electron chi connectivity index (χ1n) is 11.6. The molecule has 0 aliphatic heterocycles. The lowest BCUT2D eigenvalue weighted by atomic mass is 10.0. The van der Waals surface area contributed by atoms with Gasteiger partial charge in [0.25, 0.3) is 0 Å². The standard InChI is InChI=1S/C31H28N2O3/c1-3-36-31(35)29(22-32)19-16-27(25-12-8-5-9-13-25)20-21-33(2)23-30(34)28-17-14-26(15-18-28)24-10-6-4-7-11-24/h4-21H,3,23H2,1-2H3/b21-20-,27-16-,29-19-. The first kappa shape index (κ1) is 25.9. The molecule has 0 radical (unpaired) electrons. The van der Waals surface area contributed by atoms with E-state index in [1.807, 2.05) is 104 Å². The summed E-state index contributed by atoms with van der Waals surface area (Å²) in [4.78, 5) is 26.6.